The monoisotopic (exact) mass is 402 g/mol. The topological polar surface area (TPSA) is 81.2 Å². The molecule has 2 amide bonds. The molecule has 1 aromatic heterocycles. The number of primary amides is 1. The minimum absolute atomic E-state index is 0.0324. The van der Waals surface area contributed by atoms with Crippen LogP contribution in [0.1, 0.15) is 18.4 Å². The molecule has 2 N–H and O–H groups in total. The van der Waals surface area contributed by atoms with Crippen molar-refractivity contribution in [3.8, 4) is 11.1 Å². The summed E-state index contributed by atoms with van der Waals surface area (Å²) in [6, 6.07) is 20.1. The van der Waals surface area contributed by atoms with Gasteiger partial charge in [0.05, 0.1) is 5.41 Å². The number of hydrogen-bond acceptors (Lipinski definition) is 3. The van der Waals surface area contributed by atoms with Crippen molar-refractivity contribution in [2.24, 2.45) is 11.1 Å². The van der Waals surface area contributed by atoms with Crippen molar-refractivity contribution in [1.29, 1.82) is 0 Å². The van der Waals surface area contributed by atoms with Crippen molar-refractivity contribution in [2.75, 3.05) is 13.1 Å². The van der Waals surface area contributed by atoms with Crippen LogP contribution in [0.3, 0.4) is 0 Å². The predicted octanol–water partition coefficient (Wildman–Crippen LogP) is 2.89. The highest BCUT2D eigenvalue weighted by molar-refractivity contribution is 5.85. The molecular formula is C24H26N4O2. The number of rotatable bonds is 7. The lowest BCUT2D eigenvalue weighted by atomic mass is 9.78. The molecule has 0 bridgehead atoms. The van der Waals surface area contributed by atoms with Crippen LogP contribution in [0.25, 0.3) is 11.1 Å². The first-order valence-electron chi connectivity index (χ1n) is 10.3. The molecule has 1 saturated heterocycles. The number of nitrogens with two attached hydrogens (primary N) is 1. The summed E-state index contributed by atoms with van der Waals surface area (Å²) in [5.41, 5.74) is 8.43. The molecule has 6 heteroatoms. The van der Waals surface area contributed by atoms with Crippen molar-refractivity contribution in [1.82, 2.24) is 14.7 Å². The predicted molar refractivity (Wildman–Crippen MR) is 115 cm³/mol. The minimum atomic E-state index is -0.744. The number of carbonyl (C=O) groups is 2. The van der Waals surface area contributed by atoms with Gasteiger partial charge in [-0.3, -0.25) is 14.3 Å². The second kappa shape index (κ2) is 8.53. The molecule has 2 heterocycles. The molecule has 154 valence electrons. The largest absolute Gasteiger partial charge is 0.369 e. The molecule has 1 atom stereocenters. The van der Waals surface area contributed by atoms with Crippen LogP contribution in [0, 0.1) is 5.41 Å². The van der Waals surface area contributed by atoms with E-state index < -0.39 is 5.41 Å². The zero-order valence-corrected chi connectivity index (χ0v) is 16.9. The second-order valence-corrected chi connectivity index (χ2v) is 7.93. The summed E-state index contributed by atoms with van der Waals surface area (Å²) >= 11 is 0. The Labute approximate surface area is 176 Å². The van der Waals surface area contributed by atoms with Crippen LogP contribution in [-0.2, 0) is 22.6 Å². The number of hydrogen-bond donors (Lipinski definition) is 1. The first-order valence-corrected chi connectivity index (χ1v) is 10.3. The van der Waals surface area contributed by atoms with Gasteiger partial charge in [0.1, 0.15) is 0 Å². The molecule has 1 fully saturated rings. The van der Waals surface area contributed by atoms with Crippen LogP contribution in [0.15, 0.2) is 73.1 Å². The molecule has 0 saturated carbocycles. The molecule has 30 heavy (non-hydrogen) atoms. The van der Waals surface area contributed by atoms with Crippen LogP contribution in [0.5, 0.6) is 0 Å². The molecule has 4 rings (SSSR count). The fourth-order valence-electron chi connectivity index (χ4n) is 4.26. The highest BCUT2D eigenvalue weighted by Gasteiger charge is 2.44. The molecule has 3 aromatic rings. The summed E-state index contributed by atoms with van der Waals surface area (Å²) < 4.78 is 1.74. The van der Waals surface area contributed by atoms with Crippen LogP contribution >= 0.6 is 0 Å². The average Bonchev–Trinajstić information content (AvgIpc) is 3.44. The van der Waals surface area contributed by atoms with Crippen LogP contribution < -0.4 is 5.73 Å². The van der Waals surface area contributed by atoms with Gasteiger partial charge in [0.25, 0.3) is 0 Å². The highest BCUT2D eigenvalue weighted by atomic mass is 16.2. The molecule has 1 aliphatic rings. The number of amides is 2. The van der Waals surface area contributed by atoms with Gasteiger partial charge >= 0.3 is 0 Å². The van der Waals surface area contributed by atoms with E-state index in [0.717, 1.165) is 16.7 Å². The van der Waals surface area contributed by atoms with E-state index in [0.29, 0.717) is 38.9 Å². The smallest absolute Gasteiger partial charge is 0.225 e. The van der Waals surface area contributed by atoms with Gasteiger partial charge in [-0.25, -0.2) is 0 Å². The van der Waals surface area contributed by atoms with Crippen molar-refractivity contribution in [2.45, 2.75) is 25.8 Å². The highest BCUT2D eigenvalue weighted by Crippen LogP contribution is 2.37. The first-order chi connectivity index (χ1) is 14.6. The van der Waals surface area contributed by atoms with E-state index in [1.54, 1.807) is 15.8 Å². The Bertz CT molecular complexity index is 1020. The van der Waals surface area contributed by atoms with E-state index >= 15 is 0 Å². The SMILES string of the molecule is NC(=O)[C@@]1(Cc2ccccc2-c2ccccc2)CCN(C(=O)CCn2cccn2)C1. The first kappa shape index (κ1) is 19.9. The number of carbonyl (C=O) groups excluding carboxylic acids is 2. The van der Waals surface area contributed by atoms with Crippen molar-refractivity contribution >= 4 is 11.8 Å². The van der Waals surface area contributed by atoms with Crippen molar-refractivity contribution in [3.05, 3.63) is 78.6 Å². The number of nitrogens with zero attached hydrogens (tertiary/aromatic N) is 3. The molecular weight excluding hydrogens is 376 g/mol. The lowest BCUT2D eigenvalue weighted by molar-refractivity contribution is -0.132. The minimum Gasteiger partial charge on any atom is -0.369 e. The average molecular weight is 402 g/mol. The maximum Gasteiger partial charge on any atom is 0.225 e. The molecule has 6 nitrogen and oxygen atoms in total. The lowest BCUT2D eigenvalue weighted by Gasteiger charge is -2.27. The summed E-state index contributed by atoms with van der Waals surface area (Å²) in [6.07, 6.45) is 5.00. The van der Waals surface area contributed by atoms with Crippen molar-refractivity contribution < 1.29 is 9.59 Å². The Morgan fingerprint density at radius 2 is 1.80 bits per heavy atom. The quantitative estimate of drug-likeness (QED) is 0.660. The molecule has 0 spiro atoms. The summed E-state index contributed by atoms with van der Waals surface area (Å²) in [6.45, 7) is 1.44. The Kier molecular flexibility index (Phi) is 5.65. The Hall–Kier alpha value is -3.41. The Morgan fingerprint density at radius 3 is 2.53 bits per heavy atom. The van der Waals surface area contributed by atoms with Gasteiger partial charge in [-0.05, 0) is 35.6 Å². The van der Waals surface area contributed by atoms with Gasteiger partial charge in [-0.15, -0.1) is 0 Å². The maximum absolute atomic E-state index is 12.7. The van der Waals surface area contributed by atoms with Gasteiger partial charge in [0.2, 0.25) is 11.8 Å². The van der Waals surface area contributed by atoms with E-state index in [2.05, 4.69) is 29.4 Å². The molecule has 0 unspecified atom stereocenters. The summed E-state index contributed by atoms with van der Waals surface area (Å²) in [7, 11) is 0. The molecule has 0 radical (unpaired) electrons. The number of likely N-dealkylation sites (tertiary alicyclic amines) is 1. The fourth-order valence-corrected chi connectivity index (χ4v) is 4.26. The van der Waals surface area contributed by atoms with E-state index in [9.17, 15) is 9.59 Å². The molecule has 0 aliphatic carbocycles. The van der Waals surface area contributed by atoms with Gasteiger partial charge in [-0.2, -0.15) is 5.10 Å². The van der Waals surface area contributed by atoms with Gasteiger partial charge in [-0.1, -0.05) is 54.6 Å². The summed E-state index contributed by atoms with van der Waals surface area (Å²) in [4.78, 5) is 27.1. The third-order valence-corrected chi connectivity index (χ3v) is 5.97. The standard InChI is InChI=1S/C24H26N4O2/c25-23(30)24(12-16-27(18-24)22(29)11-15-28-14-6-13-26-28)17-20-9-4-5-10-21(20)19-7-2-1-3-8-19/h1-10,13-14H,11-12,15-18H2,(H2,25,30)/t24-/m1/s1. The van der Waals surface area contributed by atoms with E-state index in [1.807, 2.05) is 42.6 Å². The van der Waals surface area contributed by atoms with Gasteiger partial charge < -0.3 is 10.6 Å². The van der Waals surface area contributed by atoms with Gasteiger partial charge in [0, 0.05) is 38.4 Å². The zero-order chi connectivity index (χ0) is 21.0. The third-order valence-electron chi connectivity index (χ3n) is 5.97. The Morgan fingerprint density at radius 1 is 1.03 bits per heavy atom. The number of benzene rings is 2. The van der Waals surface area contributed by atoms with Crippen molar-refractivity contribution in [3.63, 3.8) is 0 Å². The normalized spacial score (nSPS) is 18.5. The van der Waals surface area contributed by atoms with Gasteiger partial charge in [0.15, 0.2) is 0 Å². The second-order valence-electron chi connectivity index (χ2n) is 7.93. The van der Waals surface area contributed by atoms with Crippen LogP contribution in [0.4, 0.5) is 0 Å². The summed E-state index contributed by atoms with van der Waals surface area (Å²) in [5.74, 6) is -0.308. The number of aromatic nitrogens is 2. The molecule has 2 aromatic carbocycles. The molecule has 1 aliphatic heterocycles. The van der Waals surface area contributed by atoms with Crippen LogP contribution in [-0.4, -0.2) is 39.6 Å². The number of aryl methyl sites for hydroxylation is 1. The van der Waals surface area contributed by atoms with Crippen LogP contribution in [0.2, 0.25) is 0 Å². The fraction of sp³-hybridized carbons (Fsp3) is 0.292. The Balaban J connectivity index is 1.51. The summed E-state index contributed by atoms with van der Waals surface area (Å²) in [5, 5.41) is 4.14. The van der Waals surface area contributed by atoms with E-state index in [4.69, 9.17) is 5.73 Å². The lowest BCUT2D eigenvalue weighted by Crippen LogP contribution is -2.42. The van der Waals surface area contributed by atoms with E-state index in [1.165, 1.54) is 0 Å². The zero-order valence-electron chi connectivity index (χ0n) is 16.9. The van der Waals surface area contributed by atoms with E-state index in [-0.39, 0.29) is 11.8 Å². The maximum atomic E-state index is 12.7. The third kappa shape index (κ3) is 4.13.